The third kappa shape index (κ3) is 3.06. The van der Waals surface area contributed by atoms with E-state index in [4.69, 9.17) is 5.73 Å². The zero-order valence-electron chi connectivity index (χ0n) is 19.1. The van der Waals surface area contributed by atoms with Gasteiger partial charge in [0, 0.05) is 18.3 Å². The molecule has 0 saturated heterocycles. The highest BCUT2D eigenvalue weighted by Gasteiger charge is 2.64. The zero-order valence-corrected chi connectivity index (χ0v) is 19.1. The van der Waals surface area contributed by atoms with Crippen LogP contribution in [0.3, 0.4) is 0 Å². The Morgan fingerprint density at radius 2 is 1.75 bits per heavy atom. The number of fused-ring (bicyclic) bond motifs is 3. The molecular formula is C27H23NO8. The summed E-state index contributed by atoms with van der Waals surface area (Å²) in [5.74, 6) is -8.49. The number of aromatic hydroxyl groups is 1. The van der Waals surface area contributed by atoms with Gasteiger partial charge in [0.25, 0.3) is 5.91 Å². The Hall–Kier alpha value is -4.21. The Bertz CT molecular complexity index is 1450. The molecule has 2 aromatic rings. The van der Waals surface area contributed by atoms with E-state index in [1.165, 1.54) is 6.07 Å². The SMILES string of the molecule is Cc1ccc(/C=C2\c3cccc(O)c3C(O)=C3C(=O)C4(O)C(O)=C(C(N)=O)C(=O)CC4C(O)C32)cc1. The van der Waals surface area contributed by atoms with Gasteiger partial charge in [0.05, 0.1) is 17.2 Å². The van der Waals surface area contributed by atoms with Crippen molar-refractivity contribution >= 4 is 34.9 Å². The average Bonchev–Trinajstić information content (AvgIpc) is 2.82. The van der Waals surface area contributed by atoms with Crippen molar-refractivity contribution in [2.75, 3.05) is 0 Å². The number of nitrogens with two attached hydrogens (primary N) is 1. The standard InChI is InChI=1S/C27H23NO8/c1-11-5-7-12(8-6-11)9-14-13-3-2-4-16(29)18(13)23(32)21-19(14)22(31)15-10-17(30)20(26(28)35)24(33)27(15,36)25(21)34/h2-9,15,19,22,29,31-33,36H,10H2,1H3,(H2,28,35)/b14-9+. The van der Waals surface area contributed by atoms with Crippen LogP contribution in [0.2, 0.25) is 0 Å². The molecule has 0 spiro atoms. The van der Waals surface area contributed by atoms with E-state index in [1.54, 1.807) is 18.2 Å². The lowest BCUT2D eigenvalue weighted by atomic mass is 9.56. The summed E-state index contributed by atoms with van der Waals surface area (Å²) < 4.78 is 0. The van der Waals surface area contributed by atoms with Gasteiger partial charge >= 0.3 is 0 Å². The largest absolute Gasteiger partial charge is 0.508 e. The Morgan fingerprint density at radius 1 is 1.08 bits per heavy atom. The minimum absolute atomic E-state index is 0.0878. The summed E-state index contributed by atoms with van der Waals surface area (Å²) in [6, 6.07) is 11.8. The van der Waals surface area contributed by atoms with E-state index in [1.807, 2.05) is 31.2 Å². The molecule has 1 saturated carbocycles. The van der Waals surface area contributed by atoms with Crippen molar-refractivity contribution in [3.05, 3.63) is 81.6 Å². The quantitative estimate of drug-likeness (QED) is 0.345. The van der Waals surface area contributed by atoms with Gasteiger partial charge in [-0.3, -0.25) is 14.4 Å². The number of carbonyl (C=O) groups is 3. The Labute approximate surface area is 205 Å². The lowest BCUT2D eigenvalue weighted by Crippen LogP contribution is -2.63. The number of benzene rings is 2. The van der Waals surface area contributed by atoms with Crippen LogP contribution < -0.4 is 5.73 Å². The molecule has 9 heteroatoms. The van der Waals surface area contributed by atoms with Gasteiger partial charge in [0.15, 0.2) is 11.4 Å². The molecule has 4 unspecified atom stereocenters. The first kappa shape index (κ1) is 23.5. The highest BCUT2D eigenvalue weighted by atomic mass is 16.4. The summed E-state index contributed by atoms with van der Waals surface area (Å²) in [7, 11) is 0. The molecule has 3 aliphatic carbocycles. The fraction of sp³-hybridized carbons (Fsp3) is 0.222. The third-order valence-corrected chi connectivity index (χ3v) is 7.30. The number of phenols is 1. The van der Waals surface area contributed by atoms with E-state index in [-0.39, 0.29) is 11.3 Å². The lowest BCUT2D eigenvalue weighted by Gasteiger charge is -2.49. The smallest absolute Gasteiger partial charge is 0.255 e. The van der Waals surface area contributed by atoms with Crippen LogP contribution in [0.4, 0.5) is 0 Å². The van der Waals surface area contributed by atoms with Crippen molar-refractivity contribution in [1.29, 1.82) is 0 Å². The Kier molecular flexibility index (Phi) is 5.17. The number of rotatable bonds is 2. The van der Waals surface area contributed by atoms with Crippen LogP contribution >= 0.6 is 0 Å². The topological polar surface area (TPSA) is 178 Å². The van der Waals surface area contributed by atoms with E-state index < -0.39 is 70.1 Å². The summed E-state index contributed by atoms with van der Waals surface area (Å²) in [6.45, 7) is 1.91. The first-order valence-corrected chi connectivity index (χ1v) is 11.2. The van der Waals surface area contributed by atoms with Crippen LogP contribution in [-0.4, -0.2) is 54.7 Å². The maximum Gasteiger partial charge on any atom is 0.255 e. The number of hydrogen-bond donors (Lipinski definition) is 6. The van der Waals surface area contributed by atoms with E-state index in [0.29, 0.717) is 16.7 Å². The van der Waals surface area contributed by atoms with Gasteiger partial charge in [-0.05, 0) is 29.7 Å². The molecule has 0 bridgehead atoms. The highest BCUT2D eigenvalue weighted by molar-refractivity contribution is 6.23. The molecule has 1 fully saturated rings. The minimum atomic E-state index is -2.88. The van der Waals surface area contributed by atoms with Crippen LogP contribution in [0.5, 0.6) is 5.75 Å². The van der Waals surface area contributed by atoms with Gasteiger partial charge in [-0.2, -0.15) is 0 Å². The molecule has 0 aliphatic heterocycles. The maximum absolute atomic E-state index is 13.8. The molecule has 3 aliphatic rings. The molecule has 2 aromatic carbocycles. The Balaban J connectivity index is 1.81. The average molecular weight is 489 g/mol. The normalized spacial score (nSPS) is 28.6. The molecule has 0 radical (unpaired) electrons. The van der Waals surface area contributed by atoms with Crippen LogP contribution in [0.1, 0.15) is 28.7 Å². The van der Waals surface area contributed by atoms with Gasteiger partial charge in [-0.25, -0.2) is 0 Å². The van der Waals surface area contributed by atoms with Crippen molar-refractivity contribution in [2.24, 2.45) is 17.6 Å². The number of amides is 1. The molecule has 5 rings (SSSR count). The van der Waals surface area contributed by atoms with Crippen LogP contribution in [0, 0.1) is 18.8 Å². The molecule has 4 atom stereocenters. The van der Waals surface area contributed by atoms with Gasteiger partial charge in [0.2, 0.25) is 5.78 Å². The van der Waals surface area contributed by atoms with Crippen molar-refractivity contribution < 1.29 is 39.9 Å². The number of phenolic OH excluding ortho intramolecular Hbond substituents is 1. The molecule has 7 N–H and O–H groups in total. The molecule has 9 nitrogen and oxygen atoms in total. The van der Waals surface area contributed by atoms with Crippen molar-refractivity contribution in [2.45, 2.75) is 25.0 Å². The van der Waals surface area contributed by atoms with Crippen LogP contribution in [0.25, 0.3) is 17.4 Å². The summed E-state index contributed by atoms with van der Waals surface area (Å²) in [6.07, 6.45) is -0.594. The zero-order chi connectivity index (χ0) is 26.1. The van der Waals surface area contributed by atoms with E-state index in [0.717, 1.165) is 5.56 Å². The summed E-state index contributed by atoms with van der Waals surface area (Å²) >= 11 is 0. The second kappa shape index (κ2) is 7.91. The first-order valence-electron chi connectivity index (χ1n) is 11.2. The Morgan fingerprint density at radius 3 is 2.39 bits per heavy atom. The summed E-state index contributed by atoms with van der Waals surface area (Å²) in [5, 5.41) is 55.3. The lowest BCUT2D eigenvalue weighted by molar-refractivity contribution is -0.157. The van der Waals surface area contributed by atoms with Crippen molar-refractivity contribution in [3.63, 3.8) is 0 Å². The predicted molar refractivity (Wildman–Crippen MR) is 128 cm³/mol. The highest BCUT2D eigenvalue weighted by Crippen LogP contribution is 2.55. The van der Waals surface area contributed by atoms with Gasteiger partial charge in [0.1, 0.15) is 22.8 Å². The number of primary amides is 1. The van der Waals surface area contributed by atoms with Crippen molar-refractivity contribution in [3.8, 4) is 5.75 Å². The first-order chi connectivity index (χ1) is 17.0. The number of aliphatic hydroxyl groups excluding tert-OH is 3. The second-order valence-corrected chi connectivity index (χ2v) is 9.36. The number of aryl methyl sites for hydroxylation is 1. The van der Waals surface area contributed by atoms with E-state index in [2.05, 4.69) is 0 Å². The van der Waals surface area contributed by atoms with Gasteiger partial charge in [-0.15, -0.1) is 0 Å². The molecule has 0 aromatic heterocycles. The number of carbonyl (C=O) groups excluding carboxylic acids is 3. The number of ketones is 2. The third-order valence-electron chi connectivity index (χ3n) is 7.30. The minimum Gasteiger partial charge on any atom is -0.508 e. The number of Topliss-reactive ketones (excluding diaryl/α,β-unsaturated/α-hetero) is 2. The number of hydrogen-bond acceptors (Lipinski definition) is 8. The van der Waals surface area contributed by atoms with Crippen molar-refractivity contribution in [1.82, 2.24) is 0 Å². The van der Waals surface area contributed by atoms with E-state index >= 15 is 0 Å². The number of aliphatic hydroxyl groups is 4. The fourth-order valence-corrected chi connectivity index (χ4v) is 5.53. The second-order valence-electron chi connectivity index (χ2n) is 9.36. The summed E-state index contributed by atoms with van der Waals surface area (Å²) in [5.41, 5.74) is 3.25. The molecule has 0 heterocycles. The molecule has 1 amide bonds. The van der Waals surface area contributed by atoms with E-state index in [9.17, 15) is 39.9 Å². The molecule has 36 heavy (non-hydrogen) atoms. The van der Waals surface area contributed by atoms with Crippen LogP contribution in [-0.2, 0) is 14.4 Å². The fourth-order valence-electron chi connectivity index (χ4n) is 5.53. The molecular weight excluding hydrogens is 466 g/mol. The predicted octanol–water partition coefficient (Wildman–Crippen LogP) is 1.70. The van der Waals surface area contributed by atoms with Crippen LogP contribution in [0.15, 0.2) is 59.4 Å². The summed E-state index contributed by atoms with van der Waals surface area (Å²) in [4.78, 5) is 38.2. The monoisotopic (exact) mass is 489 g/mol. The van der Waals surface area contributed by atoms with Gasteiger partial charge < -0.3 is 31.3 Å². The van der Waals surface area contributed by atoms with Gasteiger partial charge in [-0.1, -0.05) is 48.0 Å². The molecule has 184 valence electrons. The maximum atomic E-state index is 13.8.